The molecule has 4 N–H and O–H groups in total. The maximum Gasteiger partial charge on any atom is 0.0638 e. The van der Waals surface area contributed by atoms with Gasteiger partial charge in [0.05, 0.1) is 10.7 Å². The lowest BCUT2D eigenvalue weighted by Crippen LogP contribution is -2.04. The summed E-state index contributed by atoms with van der Waals surface area (Å²) >= 11 is 5.78. The molecule has 0 aliphatic rings. The minimum absolute atomic E-state index is 0.00750. The monoisotopic (exact) mass is 170 g/mol. The first kappa shape index (κ1) is 8.37. The molecule has 0 spiro atoms. The third kappa shape index (κ3) is 1.85. The molecule has 0 fully saturated rings. The summed E-state index contributed by atoms with van der Waals surface area (Å²) in [6, 6.07) is 5.45. The summed E-state index contributed by atoms with van der Waals surface area (Å²) in [6.45, 7) is 1.90. The Kier molecular flexibility index (Phi) is 2.37. The fourth-order valence-electron chi connectivity index (χ4n) is 0.827. The van der Waals surface area contributed by atoms with E-state index in [4.69, 9.17) is 23.1 Å². The molecule has 0 radical (unpaired) electrons. The second kappa shape index (κ2) is 3.11. The molecule has 0 unspecified atom stereocenters. The van der Waals surface area contributed by atoms with Crippen molar-refractivity contribution in [3.05, 3.63) is 28.8 Å². The molecular formula is C8H11ClN2. The number of hydrogen-bond donors (Lipinski definition) is 2. The van der Waals surface area contributed by atoms with E-state index in [0.29, 0.717) is 10.7 Å². The highest BCUT2D eigenvalue weighted by Crippen LogP contribution is 2.22. The zero-order valence-electron chi connectivity index (χ0n) is 6.34. The van der Waals surface area contributed by atoms with Crippen molar-refractivity contribution in [2.45, 2.75) is 13.0 Å². The van der Waals surface area contributed by atoms with E-state index in [-0.39, 0.29) is 6.04 Å². The molecule has 1 atom stereocenters. The van der Waals surface area contributed by atoms with E-state index in [0.717, 1.165) is 5.56 Å². The molecular weight excluding hydrogens is 160 g/mol. The van der Waals surface area contributed by atoms with Gasteiger partial charge in [0.15, 0.2) is 0 Å². The average Bonchev–Trinajstić information content (AvgIpc) is 1.94. The maximum absolute atomic E-state index is 5.78. The van der Waals surface area contributed by atoms with Gasteiger partial charge in [-0.05, 0) is 24.6 Å². The summed E-state index contributed by atoms with van der Waals surface area (Å²) in [7, 11) is 0. The minimum atomic E-state index is 0.00750. The van der Waals surface area contributed by atoms with Crippen LogP contribution in [0.4, 0.5) is 5.69 Å². The van der Waals surface area contributed by atoms with Crippen LogP contribution in [0.25, 0.3) is 0 Å². The second-order valence-corrected chi connectivity index (χ2v) is 2.98. The number of hydrogen-bond acceptors (Lipinski definition) is 2. The van der Waals surface area contributed by atoms with Crippen molar-refractivity contribution in [3.8, 4) is 0 Å². The Balaban J connectivity index is 3.05. The molecule has 0 saturated carbocycles. The van der Waals surface area contributed by atoms with E-state index < -0.39 is 0 Å². The molecule has 2 nitrogen and oxygen atoms in total. The van der Waals surface area contributed by atoms with Gasteiger partial charge in [-0.25, -0.2) is 0 Å². The lowest BCUT2D eigenvalue weighted by Gasteiger charge is -2.06. The Morgan fingerprint density at radius 3 is 2.55 bits per heavy atom. The van der Waals surface area contributed by atoms with Gasteiger partial charge in [-0.3, -0.25) is 0 Å². The molecule has 0 aromatic heterocycles. The van der Waals surface area contributed by atoms with Gasteiger partial charge in [0.2, 0.25) is 0 Å². The van der Waals surface area contributed by atoms with Crippen LogP contribution in [-0.4, -0.2) is 0 Å². The Bertz CT molecular complexity index is 258. The lowest BCUT2D eigenvalue weighted by atomic mass is 10.1. The Morgan fingerprint density at radius 1 is 1.45 bits per heavy atom. The number of halogens is 1. The highest BCUT2D eigenvalue weighted by molar-refractivity contribution is 6.33. The predicted octanol–water partition coefficient (Wildman–Crippen LogP) is 1.94. The topological polar surface area (TPSA) is 52.0 Å². The van der Waals surface area contributed by atoms with Crippen LogP contribution in [0.1, 0.15) is 18.5 Å². The van der Waals surface area contributed by atoms with Crippen molar-refractivity contribution in [1.29, 1.82) is 0 Å². The van der Waals surface area contributed by atoms with Crippen LogP contribution in [-0.2, 0) is 0 Å². The summed E-state index contributed by atoms with van der Waals surface area (Å²) in [5.74, 6) is 0. The summed E-state index contributed by atoms with van der Waals surface area (Å²) in [4.78, 5) is 0. The molecule has 0 saturated heterocycles. The van der Waals surface area contributed by atoms with Gasteiger partial charge in [-0.2, -0.15) is 0 Å². The SMILES string of the molecule is C[C@H](N)c1ccc(N)c(Cl)c1. The third-order valence-corrected chi connectivity index (χ3v) is 1.88. The molecule has 11 heavy (non-hydrogen) atoms. The van der Waals surface area contributed by atoms with Gasteiger partial charge < -0.3 is 11.5 Å². The zero-order chi connectivity index (χ0) is 8.43. The average molecular weight is 171 g/mol. The van der Waals surface area contributed by atoms with Crippen molar-refractivity contribution in [1.82, 2.24) is 0 Å². The maximum atomic E-state index is 5.78. The Labute approximate surface area is 71.1 Å². The van der Waals surface area contributed by atoms with E-state index in [1.54, 1.807) is 12.1 Å². The zero-order valence-corrected chi connectivity index (χ0v) is 7.10. The van der Waals surface area contributed by atoms with Crippen LogP contribution in [0.15, 0.2) is 18.2 Å². The number of rotatable bonds is 1. The molecule has 1 rings (SSSR count). The minimum Gasteiger partial charge on any atom is -0.398 e. The van der Waals surface area contributed by atoms with Crippen molar-refractivity contribution in [2.24, 2.45) is 5.73 Å². The lowest BCUT2D eigenvalue weighted by molar-refractivity contribution is 0.818. The van der Waals surface area contributed by atoms with Crippen LogP contribution < -0.4 is 11.5 Å². The first-order valence-electron chi connectivity index (χ1n) is 3.42. The van der Waals surface area contributed by atoms with Crippen LogP contribution in [0.5, 0.6) is 0 Å². The largest absolute Gasteiger partial charge is 0.398 e. The van der Waals surface area contributed by atoms with Crippen LogP contribution >= 0.6 is 11.6 Å². The van der Waals surface area contributed by atoms with Crippen LogP contribution in [0, 0.1) is 0 Å². The molecule has 0 aliphatic carbocycles. The smallest absolute Gasteiger partial charge is 0.0638 e. The standard InChI is InChI=1S/C8H11ClN2/c1-5(10)6-2-3-8(11)7(9)4-6/h2-5H,10-11H2,1H3/t5-/m0/s1. The molecule has 3 heteroatoms. The first-order chi connectivity index (χ1) is 5.11. The van der Waals surface area contributed by atoms with Gasteiger partial charge in [0.1, 0.15) is 0 Å². The Hall–Kier alpha value is -0.730. The molecule has 0 aliphatic heterocycles. The van der Waals surface area contributed by atoms with Crippen LogP contribution in [0.3, 0.4) is 0 Å². The molecule has 0 heterocycles. The van der Waals surface area contributed by atoms with Gasteiger partial charge >= 0.3 is 0 Å². The summed E-state index contributed by atoms with van der Waals surface area (Å²) in [6.07, 6.45) is 0. The number of nitrogen functional groups attached to an aromatic ring is 1. The predicted molar refractivity (Wildman–Crippen MR) is 48.5 cm³/mol. The van der Waals surface area contributed by atoms with E-state index in [9.17, 15) is 0 Å². The quantitative estimate of drug-likeness (QED) is 0.633. The van der Waals surface area contributed by atoms with Crippen molar-refractivity contribution >= 4 is 17.3 Å². The second-order valence-electron chi connectivity index (χ2n) is 2.57. The number of anilines is 1. The molecule has 1 aromatic carbocycles. The summed E-state index contributed by atoms with van der Waals surface area (Å²) in [5.41, 5.74) is 12.7. The van der Waals surface area contributed by atoms with E-state index in [2.05, 4.69) is 0 Å². The van der Waals surface area contributed by atoms with Gasteiger partial charge in [0.25, 0.3) is 0 Å². The molecule has 0 bridgehead atoms. The number of benzene rings is 1. The fraction of sp³-hybridized carbons (Fsp3) is 0.250. The van der Waals surface area contributed by atoms with Crippen LogP contribution in [0.2, 0.25) is 5.02 Å². The number of nitrogens with two attached hydrogens (primary N) is 2. The fourth-order valence-corrected chi connectivity index (χ4v) is 1.02. The van der Waals surface area contributed by atoms with E-state index in [1.807, 2.05) is 13.0 Å². The van der Waals surface area contributed by atoms with Crippen molar-refractivity contribution in [2.75, 3.05) is 5.73 Å². The van der Waals surface area contributed by atoms with Crippen molar-refractivity contribution < 1.29 is 0 Å². The molecule has 60 valence electrons. The normalized spacial score (nSPS) is 13.0. The third-order valence-electron chi connectivity index (χ3n) is 1.55. The summed E-state index contributed by atoms with van der Waals surface area (Å²) in [5, 5.41) is 0.569. The summed E-state index contributed by atoms with van der Waals surface area (Å²) < 4.78 is 0. The van der Waals surface area contributed by atoms with Gasteiger partial charge in [-0.1, -0.05) is 17.7 Å². The van der Waals surface area contributed by atoms with Crippen molar-refractivity contribution in [3.63, 3.8) is 0 Å². The molecule has 1 aromatic rings. The first-order valence-corrected chi connectivity index (χ1v) is 3.79. The highest BCUT2D eigenvalue weighted by atomic mass is 35.5. The van der Waals surface area contributed by atoms with Gasteiger partial charge in [-0.15, -0.1) is 0 Å². The Morgan fingerprint density at radius 2 is 2.09 bits per heavy atom. The van der Waals surface area contributed by atoms with E-state index in [1.165, 1.54) is 0 Å². The van der Waals surface area contributed by atoms with Gasteiger partial charge in [0, 0.05) is 6.04 Å². The van der Waals surface area contributed by atoms with E-state index >= 15 is 0 Å². The molecule has 0 amide bonds. The highest BCUT2D eigenvalue weighted by Gasteiger charge is 2.01.